The number of likely N-dealkylation sites (N-methyl/N-ethyl adjacent to an activating group) is 1. The van der Waals surface area contributed by atoms with Crippen LogP contribution in [0, 0.1) is 11.3 Å². The summed E-state index contributed by atoms with van der Waals surface area (Å²) in [4.78, 5) is 16.3. The van der Waals surface area contributed by atoms with Gasteiger partial charge in [0, 0.05) is 39.7 Å². The van der Waals surface area contributed by atoms with Gasteiger partial charge in [-0.3, -0.25) is 9.48 Å². The van der Waals surface area contributed by atoms with Crippen molar-refractivity contribution < 1.29 is 9.53 Å². The highest BCUT2D eigenvalue weighted by atomic mass is 16.5. The fourth-order valence-electron chi connectivity index (χ4n) is 2.53. The minimum Gasteiger partial charge on any atom is -0.383 e. The molecule has 0 unspecified atom stereocenters. The molecule has 120 valence electrons. The first-order chi connectivity index (χ1) is 10.6. The number of methoxy groups -OCH3 is 1. The Hall–Kier alpha value is -1.91. The summed E-state index contributed by atoms with van der Waals surface area (Å²) in [6, 6.07) is 3.83. The third-order valence-corrected chi connectivity index (χ3v) is 3.87. The minimum atomic E-state index is 0.150. The van der Waals surface area contributed by atoms with Crippen molar-refractivity contribution in [3.05, 3.63) is 17.5 Å². The predicted molar refractivity (Wildman–Crippen MR) is 81.0 cm³/mol. The van der Waals surface area contributed by atoms with Gasteiger partial charge in [-0.15, -0.1) is 0 Å². The van der Waals surface area contributed by atoms with Crippen LogP contribution in [-0.2, 0) is 22.6 Å². The van der Waals surface area contributed by atoms with Crippen molar-refractivity contribution >= 4 is 5.91 Å². The van der Waals surface area contributed by atoms with Crippen LogP contribution in [0.4, 0.5) is 0 Å². The van der Waals surface area contributed by atoms with E-state index in [4.69, 9.17) is 10.00 Å². The highest BCUT2D eigenvalue weighted by Crippen LogP contribution is 2.14. The first kappa shape index (κ1) is 16.5. The SMILES string of the molecule is COCCN(C)CCC(=O)N1CCCn2nc(C#N)cc2C1. The Bertz CT molecular complexity index is 549. The van der Waals surface area contributed by atoms with Gasteiger partial charge in [0.1, 0.15) is 6.07 Å². The second-order valence-electron chi connectivity index (χ2n) is 5.57. The number of carbonyl (C=O) groups is 1. The van der Waals surface area contributed by atoms with Crippen LogP contribution < -0.4 is 0 Å². The summed E-state index contributed by atoms with van der Waals surface area (Å²) in [5, 5.41) is 13.2. The largest absolute Gasteiger partial charge is 0.383 e. The lowest BCUT2D eigenvalue weighted by Crippen LogP contribution is -2.34. The van der Waals surface area contributed by atoms with Crippen LogP contribution in [0.5, 0.6) is 0 Å². The van der Waals surface area contributed by atoms with Crippen molar-refractivity contribution in [3.8, 4) is 6.07 Å². The van der Waals surface area contributed by atoms with E-state index < -0.39 is 0 Å². The third-order valence-electron chi connectivity index (χ3n) is 3.87. The molecule has 1 amide bonds. The standard InChI is InChI=1S/C15H23N5O2/c1-18(8-9-22-2)7-4-15(21)19-5-3-6-20-14(12-19)10-13(11-16)17-20/h10H,3-9,12H2,1-2H3. The first-order valence-electron chi connectivity index (χ1n) is 7.56. The van der Waals surface area contributed by atoms with Crippen molar-refractivity contribution in [3.63, 3.8) is 0 Å². The number of hydrogen-bond acceptors (Lipinski definition) is 5. The topological polar surface area (TPSA) is 74.4 Å². The van der Waals surface area contributed by atoms with E-state index in [1.807, 2.05) is 16.6 Å². The zero-order valence-corrected chi connectivity index (χ0v) is 13.3. The Morgan fingerprint density at radius 3 is 3.05 bits per heavy atom. The zero-order chi connectivity index (χ0) is 15.9. The number of fused-ring (bicyclic) bond motifs is 1. The Balaban J connectivity index is 1.89. The lowest BCUT2D eigenvalue weighted by Gasteiger charge is -2.22. The fourth-order valence-corrected chi connectivity index (χ4v) is 2.53. The maximum atomic E-state index is 12.4. The number of aryl methyl sites for hydroxylation is 1. The molecule has 0 radical (unpaired) electrons. The van der Waals surface area contributed by atoms with Crippen molar-refractivity contribution in [1.82, 2.24) is 19.6 Å². The van der Waals surface area contributed by atoms with Gasteiger partial charge >= 0.3 is 0 Å². The van der Waals surface area contributed by atoms with Gasteiger partial charge in [0.25, 0.3) is 0 Å². The monoisotopic (exact) mass is 305 g/mol. The summed E-state index contributed by atoms with van der Waals surface area (Å²) >= 11 is 0. The fraction of sp³-hybridized carbons (Fsp3) is 0.667. The maximum Gasteiger partial charge on any atom is 0.224 e. The molecule has 0 N–H and O–H groups in total. The average molecular weight is 305 g/mol. The smallest absolute Gasteiger partial charge is 0.224 e. The number of ether oxygens (including phenoxy) is 1. The molecule has 2 rings (SSSR count). The molecule has 0 spiro atoms. The summed E-state index contributed by atoms with van der Waals surface area (Å²) < 4.78 is 6.87. The molecule has 0 saturated heterocycles. The highest BCUT2D eigenvalue weighted by molar-refractivity contribution is 5.76. The molecule has 0 saturated carbocycles. The van der Waals surface area contributed by atoms with Crippen LogP contribution in [0.3, 0.4) is 0 Å². The van der Waals surface area contributed by atoms with Gasteiger partial charge < -0.3 is 14.5 Å². The van der Waals surface area contributed by atoms with Gasteiger partial charge in [0.2, 0.25) is 5.91 Å². The molecule has 1 aliphatic rings. The van der Waals surface area contributed by atoms with Gasteiger partial charge in [-0.1, -0.05) is 0 Å². The van der Waals surface area contributed by atoms with Crippen molar-refractivity contribution in [2.45, 2.75) is 25.9 Å². The van der Waals surface area contributed by atoms with E-state index in [9.17, 15) is 4.79 Å². The van der Waals surface area contributed by atoms with Crippen LogP contribution in [-0.4, -0.2) is 65.9 Å². The molecule has 0 atom stereocenters. The molecule has 7 heteroatoms. The minimum absolute atomic E-state index is 0.150. The van der Waals surface area contributed by atoms with Gasteiger partial charge in [-0.05, 0) is 19.5 Å². The number of hydrogen-bond donors (Lipinski definition) is 0. The molecule has 0 aromatic carbocycles. The van der Waals surface area contributed by atoms with Crippen molar-refractivity contribution in [2.75, 3.05) is 40.4 Å². The summed E-state index contributed by atoms with van der Waals surface area (Å²) in [6.45, 7) is 4.25. The Kier molecular flexibility index (Phi) is 5.92. The molecule has 2 heterocycles. The van der Waals surface area contributed by atoms with Crippen LogP contribution in [0.1, 0.15) is 24.2 Å². The second kappa shape index (κ2) is 7.92. The Morgan fingerprint density at radius 1 is 1.50 bits per heavy atom. The summed E-state index contributed by atoms with van der Waals surface area (Å²) in [5.74, 6) is 0.150. The van der Waals surface area contributed by atoms with E-state index >= 15 is 0 Å². The van der Waals surface area contributed by atoms with Crippen LogP contribution in [0.15, 0.2) is 6.07 Å². The summed E-state index contributed by atoms with van der Waals surface area (Å²) in [5.41, 5.74) is 1.36. The number of amides is 1. The molecular weight excluding hydrogens is 282 g/mol. The quantitative estimate of drug-likeness (QED) is 0.763. The van der Waals surface area contributed by atoms with Crippen LogP contribution in [0.2, 0.25) is 0 Å². The highest BCUT2D eigenvalue weighted by Gasteiger charge is 2.20. The zero-order valence-electron chi connectivity index (χ0n) is 13.3. The van der Waals surface area contributed by atoms with Crippen LogP contribution >= 0.6 is 0 Å². The number of nitriles is 1. The Morgan fingerprint density at radius 2 is 2.32 bits per heavy atom. The molecule has 0 aliphatic carbocycles. The van der Waals surface area contributed by atoms with Gasteiger partial charge in [-0.25, -0.2) is 0 Å². The predicted octanol–water partition coefficient (Wildman–Crippen LogP) is 0.455. The number of rotatable bonds is 6. The van der Waals surface area contributed by atoms with Crippen molar-refractivity contribution in [1.29, 1.82) is 5.26 Å². The molecule has 1 aromatic rings. The maximum absolute atomic E-state index is 12.4. The third kappa shape index (κ3) is 4.29. The second-order valence-corrected chi connectivity index (χ2v) is 5.57. The number of aromatic nitrogens is 2. The number of nitrogens with zero attached hydrogens (tertiary/aromatic N) is 5. The summed E-state index contributed by atoms with van der Waals surface area (Å²) in [7, 11) is 3.66. The van der Waals surface area contributed by atoms with E-state index in [1.165, 1.54) is 0 Å². The molecule has 1 aromatic heterocycles. The lowest BCUT2D eigenvalue weighted by atomic mass is 10.3. The van der Waals surface area contributed by atoms with Gasteiger partial charge in [0.05, 0.1) is 18.8 Å². The van der Waals surface area contributed by atoms with Gasteiger partial charge in [-0.2, -0.15) is 10.4 Å². The van der Waals surface area contributed by atoms with E-state index in [1.54, 1.807) is 13.2 Å². The molecule has 1 aliphatic heterocycles. The number of carbonyl (C=O) groups excluding carboxylic acids is 1. The van der Waals surface area contributed by atoms with Gasteiger partial charge in [0.15, 0.2) is 5.69 Å². The molecule has 0 bridgehead atoms. The van der Waals surface area contributed by atoms with E-state index in [0.29, 0.717) is 25.3 Å². The normalized spacial score (nSPS) is 14.5. The Labute approximate surface area is 131 Å². The lowest BCUT2D eigenvalue weighted by molar-refractivity contribution is -0.132. The molecule has 7 nitrogen and oxygen atoms in total. The first-order valence-corrected chi connectivity index (χ1v) is 7.56. The molecule has 0 fully saturated rings. The van der Waals surface area contributed by atoms with E-state index in [0.717, 1.165) is 38.3 Å². The average Bonchev–Trinajstić information content (AvgIpc) is 2.81. The van der Waals surface area contributed by atoms with Crippen molar-refractivity contribution in [2.24, 2.45) is 0 Å². The molecular formula is C15H23N5O2. The summed E-state index contributed by atoms with van der Waals surface area (Å²) in [6.07, 6.45) is 1.37. The van der Waals surface area contributed by atoms with Crippen LogP contribution in [0.25, 0.3) is 0 Å². The van der Waals surface area contributed by atoms with E-state index in [-0.39, 0.29) is 5.91 Å². The molecule has 22 heavy (non-hydrogen) atoms. The van der Waals surface area contributed by atoms with E-state index in [2.05, 4.69) is 16.1 Å².